The molecule has 0 radical (unpaired) electrons. The third-order valence-electron chi connectivity index (χ3n) is 20.6. The van der Waals surface area contributed by atoms with Crippen LogP contribution in [0.4, 0.5) is 0 Å². The zero-order valence-electron chi connectivity index (χ0n) is 80.1. The number of rotatable bonds is 49. The number of amides is 8. The van der Waals surface area contributed by atoms with Crippen LogP contribution in [0.5, 0.6) is 34.5 Å². The molecule has 122 heavy (non-hydrogen) atoms. The van der Waals surface area contributed by atoms with Crippen molar-refractivity contribution < 1.29 is 98.1 Å². The maximum absolute atomic E-state index is 15.6. The predicted octanol–water partition coefficient (Wildman–Crippen LogP) is 10.7. The van der Waals surface area contributed by atoms with Gasteiger partial charge in [0.05, 0.1) is 62.6 Å². The highest BCUT2D eigenvalue weighted by Gasteiger charge is 2.34. The topological polar surface area (TPSA) is 309 Å². The number of nitrogens with one attached hydrogen (secondary N) is 2. The molecule has 4 aliphatic rings. The predicted molar refractivity (Wildman–Crippen MR) is 466 cm³/mol. The molecule has 9 rings (SSSR count). The molecule has 8 amide bonds. The number of unbranched alkanes of at least 4 members (excludes halogenated alkanes) is 1. The first-order valence-corrected chi connectivity index (χ1v) is 42.1. The summed E-state index contributed by atoms with van der Waals surface area (Å²) < 4.78 is 132. The summed E-state index contributed by atoms with van der Waals surface area (Å²) in [5.74, 6) is -10.0. The standard InChI is InChI=1S/C93H123BrN10O18/c1-63(2)115-39-18-36-101(59-88(108)99(35-17-38-114-11)57-87(107)100(37-31-72-21-26-77(94)27-22-72)58-86(106)98(34-16-15-33-95)56-85(105)97-78-32-40-116-93(78)113)89(109)69(8)42-65(4)50-102(53-73-19-13-12-14-20-73)91(111)70(9)43-66(5)52-104(55-76-25-30-81-84(47-76)122-62-119-81)92(112)71(10)44-67(6)51-103(54-75-24-29-80-83(46-75)121-61-118-80)90(110)68(7)41-64(3)48-96-49-74-23-28-79-82(45-74)120-60-117-79/h12-14,19-30,41-47,63,68-71,78,96H,15-18,31-40,48-62,95H2,1-11H3,(H,97,105)/b64-41+,65-42+,66-43+,67-44+/t68-,69+,70+,71+,78?/m1/s1/i8D3,9D3,10D3. The van der Waals surface area contributed by atoms with Crippen LogP contribution >= 0.6 is 15.9 Å². The third-order valence-corrected chi connectivity index (χ3v) is 21.1. The quantitative estimate of drug-likeness (QED) is 0.0185. The average Bonchev–Trinajstić information content (AvgIpc) is 1.78. The van der Waals surface area contributed by atoms with Crippen molar-refractivity contribution in [1.82, 2.24) is 44.9 Å². The molecule has 0 spiro atoms. The summed E-state index contributed by atoms with van der Waals surface area (Å²) in [6.45, 7) is -0.0547. The zero-order chi connectivity index (χ0) is 95.3. The van der Waals surface area contributed by atoms with Crippen molar-refractivity contribution >= 4 is 69.2 Å². The van der Waals surface area contributed by atoms with E-state index in [1.165, 1.54) is 57.6 Å². The number of ether oxygens (including phenoxy) is 9. The van der Waals surface area contributed by atoms with Crippen LogP contribution in [-0.2, 0) is 90.0 Å². The molecule has 1 unspecified atom stereocenters. The summed E-state index contributed by atoms with van der Waals surface area (Å²) in [6, 6.07) is 30.8. The van der Waals surface area contributed by atoms with Gasteiger partial charge in [-0.3, -0.25) is 38.4 Å². The lowest BCUT2D eigenvalue weighted by Crippen LogP contribution is -2.52. The minimum absolute atomic E-state index is 0.00595. The Bertz CT molecular complexity index is 4860. The van der Waals surface area contributed by atoms with Gasteiger partial charge in [-0.2, -0.15) is 0 Å². The van der Waals surface area contributed by atoms with Crippen LogP contribution in [0, 0.1) is 23.7 Å². The molecule has 660 valence electrons. The molecule has 29 heteroatoms. The maximum Gasteiger partial charge on any atom is 0.328 e. The van der Waals surface area contributed by atoms with Crippen molar-refractivity contribution in [3.8, 4) is 34.5 Å². The summed E-state index contributed by atoms with van der Waals surface area (Å²) in [5.41, 5.74) is 10.7. The summed E-state index contributed by atoms with van der Waals surface area (Å²) in [5, 5.41) is 6.04. The SMILES string of the molecule is [2H]C([2H])([2H])[C@@H](/C=C(\C)CN(Cc1ccccc1)C(=O)[C@H](/C=C(\C)CN(Cc1ccc2c(c1)OCO2)C(=O)[C@H](/C=C(\C)CN(Cc1ccc2c(c1)OCO2)C(=O)[C@H](C)/C=C(\C)CNCc1ccc2c(c1)OCO2)C([2H])([2H])[2H])C([2H])([2H])[2H])C(=O)N(CCCOC(C)C)CC(=O)N(CCCOC)CC(=O)N(CCc1ccc(Br)cc1)CC(=O)N(CCCCN)CC(=O)NC1CCOC1=O. The number of halogens is 1. The minimum Gasteiger partial charge on any atom is -0.464 e. The lowest BCUT2D eigenvalue weighted by atomic mass is 10.0. The zero-order valence-corrected chi connectivity index (χ0v) is 72.7. The molecule has 4 heterocycles. The number of benzene rings is 5. The normalized spacial score (nSPS) is 16.5. The molecule has 1 fully saturated rings. The lowest BCUT2D eigenvalue weighted by molar-refractivity contribution is -0.147. The molecule has 0 saturated carbocycles. The van der Waals surface area contributed by atoms with E-state index >= 15 is 24.0 Å². The van der Waals surface area contributed by atoms with Crippen LogP contribution < -0.4 is 44.8 Å². The monoisotopic (exact) mass is 1760 g/mol. The summed E-state index contributed by atoms with van der Waals surface area (Å²) in [6.07, 6.45) is 6.95. The van der Waals surface area contributed by atoms with Crippen LogP contribution in [0.3, 0.4) is 0 Å². The fourth-order valence-electron chi connectivity index (χ4n) is 14.3. The fraction of sp³-hybridized carbons (Fsp3) is 0.495. The van der Waals surface area contributed by atoms with E-state index in [-0.39, 0.29) is 141 Å². The fourth-order valence-corrected chi connectivity index (χ4v) is 14.6. The Morgan fingerprint density at radius 2 is 0.918 bits per heavy atom. The molecule has 5 aromatic carbocycles. The van der Waals surface area contributed by atoms with Gasteiger partial charge in [-0.25, -0.2) is 4.79 Å². The van der Waals surface area contributed by atoms with Gasteiger partial charge in [-0.1, -0.05) is 151 Å². The number of hydrogen-bond donors (Lipinski definition) is 3. The van der Waals surface area contributed by atoms with Gasteiger partial charge < -0.3 is 93.3 Å². The largest absolute Gasteiger partial charge is 0.464 e. The lowest BCUT2D eigenvalue weighted by Gasteiger charge is -2.32. The maximum atomic E-state index is 15.6. The Morgan fingerprint density at radius 1 is 0.484 bits per heavy atom. The van der Waals surface area contributed by atoms with Crippen LogP contribution in [0.2, 0.25) is 0 Å². The minimum atomic E-state index is -3.14. The van der Waals surface area contributed by atoms with Crippen molar-refractivity contribution in [2.75, 3.05) is 132 Å². The highest BCUT2D eigenvalue weighted by Crippen LogP contribution is 2.36. The molecule has 0 aromatic heterocycles. The van der Waals surface area contributed by atoms with Gasteiger partial charge in [0.1, 0.15) is 6.04 Å². The Kier molecular flexibility index (Phi) is 32.6. The van der Waals surface area contributed by atoms with E-state index in [2.05, 4.69) is 26.6 Å². The number of fused-ring (bicyclic) bond motifs is 3. The summed E-state index contributed by atoms with van der Waals surface area (Å²) in [7, 11) is 1.45. The highest BCUT2D eigenvalue weighted by molar-refractivity contribution is 9.10. The van der Waals surface area contributed by atoms with Crippen LogP contribution in [0.25, 0.3) is 0 Å². The molecule has 0 aliphatic carbocycles. The Hall–Kier alpha value is -10.6. The van der Waals surface area contributed by atoms with Gasteiger partial charge in [0.25, 0.3) is 0 Å². The number of cyclic esters (lactones) is 1. The second-order valence-electron chi connectivity index (χ2n) is 31.3. The van der Waals surface area contributed by atoms with E-state index < -0.39 is 137 Å². The van der Waals surface area contributed by atoms with Crippen molar-refractivity contribution in [1.29, 1.82) is 0 Å². The van der Waals surface area contributed by atoms with E-state index in [4.69, 9.17) is 60.7 Å². The first-order chi connectivity index (χ1) is 62.2. The van der Waals surface area contributed by atoms with Gasteiger partial charge in [0.2, 0.25) is 67.6 Å². The van der Waals surface area contributed by atoms with Crippen LogP contribution in [0.15, 0.2) is 160 Å². The second-order valence-corrected chi connectivity index (χ2v) is 32.2. The molecular formula is C93H123BrN10O18. The third kappa shape index (κ3) is 30.2. The number of methoxy groups -OCH3 is 1. The first kappa shape index (κ1) is 82.4. The number of carbonyl (C=O) groups excluding carboxylic acids is 9. The number of nitrogens with two attached hydrogens (primary N) is 1. The van der Waals surface area contributed by atoms with Gasteiger partial charge in [0, 0.05) is 122 Å². The van der Waals surface area contributed by atoms with E-state index in [0.717, 1.165) is 32.1 Å². The van der Waals surface area contributed by atoms with Crippen molar-refractivity contribution in [3.63, 3.8) is 0 Å². The second kappa shape index (κ2) is 48.3. The number of carbonyl (C=O) groups is 9. The van der Waals surface area contributed by atoms with Crippen molar-refractivity contribution in [3.05, 3.63) is 188 Å². The molecule has 5 aromatic rings. The molecule has 4 N–H and O–H groups in total. The van der Waals surface area contributed by atoms with Gasteiger partial charge >= 0.3 is 5.97 Å². The van der Waals surface area contributed by atoms with E-state index in [1.54, 1.807) is 99.3 Å². The Labute approximate surface area is 739 Å². The van der Waals surface area contributed by atoms with Crippen molar-refractivity contribution in [2.45, 2.75) is 146 Å². The van der Waals surface area contributed by atoms with Crippen LogP contribution in [0.1, 0.15) is 141 Å². The molecule has 28 nitrogen and oxygen atoms in total. The number of nitrogens with zero attached hydrogens (tertiary/aromatic N) is 7. The molecular weight excluding hydrogens is 1620 g/mol. The van der Waals surface area contributed by atoms with E-state index in [1.807, 2.05) is 55.5 Å². The molecule has 4 aliphatic heterocycles. The summed E-state index contributed by atoms with van der Waals surface area (Å²) in [4.78, 5) is 141. The Morgan fingerprint density at radius 3 is 1.42 bits per heavy atom. The number of hydrogen-bond acceptors (Lipinski definition) is 20. The molecule has 5 atom stereocenters. The van der Waals surface area contributed by atoms with Gasteiger partial charge in [-0.05, 0) is 157 Å². The Balaban J connectivity index is 0.987. The van der Waals surface area contributed by atoms with Gasteiger partial charge in [0.15, 0.2) is 34.5 Å². The van der Waals surface area contributed by atoms with E-state index in [9.17, 15) is 19.2 Å². The van der Waals surface area contributed by atoms with Gasteiger partial charge in [-0.15, -0.1) is 0 Å². The first-order valence-electron chi connectivity index (χ1n) is 45.8. The average molecular weight is 1760 g/mol. The molecule has 1 saturated heterocycles. The summed E-state index contributed by atoms with van der Waals surface area (Å²) >= 11 is 3.45. The van der Waals surface area contributed by atoms with Crippen molar-refractivity contribution in [2.24, 2.45) is 29.4 Å². The highest BCUT2D eigenvalue weighted by atomic mass is 79.9. The van der Waals surface area contributed by atoms with Crippen LogP contribution in [-0.4, -0.2) is 232 Å². The molecule has 0 bridgehead atoms. The van der Waals surface area contributed by atoms with E-state index in [0.29, 0.717) is 89.2 Å². The number of esters is 1. The smallest absolute Gasteiger partial charge is 0.328 e.